The van der Waals surface area contributed by atoms with Crippen molar-refractivity contribution in [1.29, 1.82) is 0 Å². The van der Waals surface area contributed by atoms with E-state index in [-0.39, 0.29) is 24.1 Å². The Hall–Kier alpha value is -1.46. The second kappa shape index (κ2) is 25.8. The quantitative estimate of drug-likeness (QED) is 0.0930. The number of nitrogens with one attached hydrogen (secondary N) is 4. The van der Waals surface area contributed by atoms with Gasteiger partial charge in [-0.05, 0) is 25.7 Å². The van der Waals surface area contributed by atoms with Gasteiger partial charge >= 0.3 is 12.1 Å². The predicted octanol–water partition coefficient (Wildman–Crippen LogP) is 8.74. The Kier molecular flexibility index (Phi) is 23.5. The van der Waals surface area contributed by atoms with Crippen molar-refractivity contribution in [2.45, 2.75) is 180 Å². The van der Waals surface area contributed by atoms with E-state index in [9.17, 15) is 9.59 Å². The van der Waals surface area contributed by atoms with Crippen LogP contribution in [0.3, 0.4) is 0 Å². The van der Waals surface area contributed by atoms with Crippen molar-refractivity contribution in [3.8, 4) is 0 Å². The van der Waals surface area contributed by atoms with Crippen LogP contribution in [0.5, 0.6) is 0 Å². The SMILES string of the molecule is CCCCCCCCCCCCNC(=O)N[C@@H]1CCCC[C@H]1NC(=O)NCCCCCCCCCCCC. The zero-order valence-electron chi connectivity index (χ0n) is 25.4. The Morgan fingerprint density at radius 2 is 0.763 bits per heavy atom. The van der Waals surface area contributed by atoms with Gasteiger partial charge in [-0.3, -0.25) is 0 Å². The van der Waals surface area contributed by atoms with Crippen molar-refractivity contribution in [2.24, 2.45) is 0 Å². The lowest BCUT2D eigenvalue weighted by Crippen LogP contribution is -2.56. The van der Waals surface area contributed by atoms with Gasteiger partial charge in [-0.1, -0.05) is 142 Å². The highest BCUT2D eigenvalue weighted by atomic mass is 16.2. The number of amides is 4. The maximum atomic E-state index is 12.4. The van der Waals surface area contributed by atoms with Crippen molar-refractivity contribution in [3.05, 3.63) is 0 Å². The lowest BCUT2D eigenvalue weighted by molar-refractivity contribution is 0.213. The van der Waals surface area contributed by atoms with Crippen LogP contribution in [-0.4, -0.2) is 37.2 Å². The zero-order valence-corrected chi connectivity index (χ0v) is 25.4. The first-order valence-corrected chi connectivity index (χ1v) is 16.8. The van der Waals surface area contributed by atoms with E-state index in [1.165, 1.54) is 116 Å². The topological polar surface area (TPSA) is 82.3 Å². The maximum Gasteiger partial charge on any atom is 0.315 e. The molecule has 1 fully saturated rings. The maximum absolute atomic E-state index is 12.4. The van der Waals surface area contributed by atoms with E-state index in [1.807, 2.05) is 0 Å². The van der Waals surface area contributed by atoms with Crippen LogP contribution in [0.25, 0.3) is 0 Å². The highest BCUT2D eigenvalue weighted by Crippen LogP contribution is 2.19. The van der Waals surface area contributed by atoms with Crippen LogP contribution in [0, 0.1) is 0 Å². The normalized spacial score (nSPS) is 17.2. The Balaban J connectivity index is 2.04. The van der Waals surface area contributed by atoms with E-state index >= 15 is 0 Å². The van der Waals surface area contributed by atoms with Gasteiger partial charge in [0.05, 0.1) is 12.1 Å². The molecule has 2 atom stereocenters. The number of carbonyl (C=O) groups excluding carboxylic acids is 2. The number of rotatable bonds is 24. The molecule has 6 nitrogen and oxygen atoms in total. The van der Waals surface area contributed by atoms with Crippen molar-refractivity contribution in [1.82, 2.24) is 21.3 Å². The minimum Gasteiger partial charge on any atom is -0.338 e. The van der Waals surface area contributed by atoms with E-state index in [4.69, 9.17) is 0 Å². The Morgan fingerprint density at radius 1 is 0.474 bits per heavy atom. The second-order valence-corrected chi connectivity index (χ2v) is 11.7. The van der Waals surface area contributed by atoms with Crippen LogP contribution in [0.4, 0.5) is 9.59 Å². The molecule has 4 N–H and O–H groups in total. The Labute approximate surface area is 236 Å². The summed E-state index contributed by atoms with van der Waals surface area (Å²) >= 11 is 0. The fourth-order valence-corrected chi connectivity index (χ4v) is 5.54. The molecular formula is C32H64N4O2. The molecule has 0 aromatic heterocycles. The number of hydrogen-bond donors (Lipinski definition) is 4. The summed E-state index contributed by atoms with van der Waals surface area (Å²) in [5.41, 5.74) is 0. The molecule has 224 valence electrons. The lowest BCUT2D eigenvalue weighted by Gasteiger charge is -2.32. The molecule has 6 heteroatoms. The third-order valence-electron chi connectivity index (χ3n) is 8.03. The fraction of sp³-hybridized carbons (Fsp3) is 0.938. The third kappa shape index (κ3) is 20.5. The monoisotopic (exact) mass is 537 g/mol. The highest BCUT2D eigenvalue weighted by Gasteiger charge is 2.27. The van der Waals surface area contributed by atoms with E-state index in [1.54, 1.807) is 0 Å². The van der Waals surface area contributed by atoms with Crippen molar-refractivity contribution in [3.63, 3.8) is 0 Å². The summed E-state index contributed by atoms with van der Waals surface area (Å²) < 4.78 is 0. The van der Waals surface area contributed by atoms with Gasteiger partial charge in [0.15, 0.2) is 0 Å². The molecule has 1 saturated carbocycles. The molecule has 0 unspecified atom stereocenters. The van der Waals surface area contributed by atoms with Gasteiger partial charge in [0.2, 0.25) is 0 Å². The molecule has 0 aromatic rings. The summed E-state index contributed by atoms with van der Waals surface area (Å²) in [5.74, 6) is 0. The molecule has 1 aliphatic carbocycles. The molecule has 0 spiro atoms. The van der Waals surface area contributed by atoms with Crippen LogP contribution in [0.1, 0.15) is 168 Å². The van der Waals surface area contributed by atoms with E-state index in [0.29, 0.717) is 0 Å². The molecule has 0 aliphatic heterocycles. The van der Waals surface area contributed by atoms with E-state index in [2.05, 4.69) is 35.1 Å². The van der Waals surface area contributed by atoms with Gasteiger partial charge < -0.3 is 21.3 Å². The van der Waals surface area contributed by atoms with Crippen LogP contribution in [0.15, 0.2) is 0 Å². The summed E-state index contributed by atoms with van der Waals surface area (Å²) in [6.45, 7) is 5.98. The first-order valence-electron chi connectivity index (χ1n) is 16.8. The summed E-state index contributed by atoms with van der Waals surface area (Å²) in [7, 11) is 0. The van der Waals surface area contributed by atoms with Gasteiger partial charge in [-0.25, -0.2) is 9.59 Å². The largest absolute Gasteiger partial charge is 0.338 e. The first kappa shape index (κ1) is 34.6. The summed E-state index contributed by atoms with van der Waals surface area (Å²) in [6.07, 6.45) is 30.0. The minimum absolute atomic E-state index is 0.0135. The Morgan fingerprint density at radius 3 is 1.08 bits per heavy atom. The molecule has 38 heavy (non-hydrogen) atoms. The number of unbranched alkanes of at least 4 members (excludes halogenated alkanes) is 18. The Bertz CT molecular complexity index is 510. The predicted molar refractivity (Wildman–Crippen MR) is 163 cm³/mol. The van der Waals surface area contributed by atoms with Crippen LogP contribution in [-0.2, 0) is 0 Å². The van der Waals surface area contributed by atoms with Crippen molar-refractivity contribution in [2.75, 3.05) is 13.1 Å². The molecule has 0 radical (unpaired) electrons. The lowest BCUT2D eigenvalue weighted by atomic mass is 9.90. The van der Waals surface area contributed by atoms with Crippen molar-refractivity contribution < 1.29 is 9.59 Å². The van der Waals surface area contributed by atoms with Gasteiger partial charge in [0.1, 0.15) is 0 Å². The zero-order chi connectivity index (χ0) is 27.5. The van der Waals surface area contributed by atoms with E-state index < -0.39 is 0 Å². The molecule has 4 amide bonds. The molecule has 1 aliphatic rings. The van der Waals surface area contributed by atoms with Crippen LogP contribution in [0.2, 0.25) is 0 Å². The average Bonchev–Trinajstić information content (AvgIpc) is 2.91. The third-order valence-corrected chi connectivity index (χ3v) is 8.03. The number of hydrogen-bond acceptors (Lipinski definition) is 2. The highest BCUT2D eigenvalue weighted by molar-refractivity contribution is 5.75. The summed E-state index contributed by atoms with van der Waals surface area (Å²) in [5, 5.41) is 12.3. The minimum atomic E-state index is -0.0922. The molecule has 0 bridgehead atoms. The van der Waals surface area contributed by atoms with E-state index in [0.717, 1.165) is 51.6 Å². The smallest absolute Gasteiger partial charge is 0.315 e. The summed E-state index contributed by atoms with van der Waals surface area (Å²) in [4.78, 5) is 24.9. The van der Waals surface area contributed by atoms with Gasteiger partial charge in [0.25, 0.3) is 0 Å². The first-order chi connectivity index (χ1) is 18.7. The molecule has 1 rings (SSSR count). The van der Waals surface area contributed by atoms with Gasteiger partial charge in [-0.15, -0.1) is 0 Å². The molecule has 0 aromatic carbocycles. The molecule has 0 saturated heterocycles. The van der Waals surface area contributed by atoms with Crippen molar-refractivity contribution >= 4 is 12.1 Å². The molecule has 0 heterocycles. The standard InChI is InChI=1S/C32H64N4O2/c1-3-5-7-9-11-13-15-17-19-23-27-33-31(37)35-29-25-21-22-26-30(29)36-32(38)34-28-24-20-18-16-14-12-10-8-6-4-2/h29-30H,3-28H2,1-2H3,(H2,33,35,37)(H2,34,36,38)/t29-,30-/m1/s1. The van der Waals surface area contributed by atoms with Crippen LogP contribution < -0.4 is 21.3 Å². The average molecular weight is 537 g/mol. The van der Waals surface area contributed by atoms with Crippen LogP contribution >= 0.6 is 0 Å². The summed E-state index contributed by atoms with van der Waals surface area (Å²) in [6, 6.07) is -0.158. The second-order valence-electron chi connectivity index (χ2n) is 11.7. The number of carbonyl (C=O) groups is 2. The molecular weight excluding hydrogens is 472 g/mol. The van der Waals surface area contributed by atoms with Gasteiger partial charge in [0, 0.05) is 13.1 Å². The number of urea groups is 2. The fourth-order valence-electron chi connectivity index (χ4n) is 5.54. The van der Waals surface area contributed by atoms with Gasteiger partial charge in [-0.2, -0.15) is 0 Å².